The molecule has 0 spiro atoms. The average molecular weight is 422 g/mol. The molecule has 0 saturated heterocycles. The van der Waals surface area contributed by atoms with Crippen LogP contribution in [0.4, 0.5) is 0 Å². The van der Waals surface area contributed by atoms with Gasteiger partial charge in [0.05, 0.1) is 24.2 Å². The number of pyridine rings is 1. The van der Waals surface area contributed by atoms with Gasteiger partial charge in [-0.15, -0.1) is 0 Å². The molecule has 0 radical (unpaired) electrons. The third-order valence-electron chi connectivity index (χ3n) is 4.95. The second kappa shape index (κ2) is 9.03. The van der Waals surface area contributed by atoms with Crippen molar-refractivity contribution in [3.63, 3.8) is 0 Å². The van der Waals surface area contributed by atoms with Gasteiger partial charge in [-0.25, -0.2) is 4.98 Å². The first-order valence-electron chi connectivity index (χ1n) is 9.95. The van der Waals surface area contributed by atoms with E-state index in [0.29, 0.717) is 28.5 Å². The van der Waals surface area contributed by atoms with Gasteiger partial charge in [-0.3, -0.25) is 9.78 Å². The first kappa shape index (κ1) is 20.6. The van der Waals surface area contributed by atoms with Crippen LogP contribution < -0.4 is 10.9 Å². The minimum Gasteiger partial charge on any atom is -0.395 e. The predicted molar refractivity (Wildman–Crippen MR) is 121 cm³/mol. The van der Waals surface area contributed by atoms with E-state index >= 15 is 0 Å². The molecule has 3 heterocycles. The van der Waals surface area contributed by atoms with Gasteiger partial charge >= 0.3 is 0 Å². The van der Waals surface area contributed by atoms with Crippen molar-refractivity contribution in [2.75, 3.05) is 13.7 Å². The molecule has 0 unspecified atom stereocenters. The molecule has 2 N–H and O–H groups in total. The first-order valence-corrected chi connectivity index (χ1v) is 9.95. The molecule has 0 saturated carbocycles. The summed E-state index contributed by atoms with van der Waals surface area (Å²) in [6.45, 7) is 2.76. The highest BCUT2D eigenvalue weighted by Gasteiger charge is 2.15. The van der Waals surface area contributed by atoms with Crippen LogP contribution >= 0.6 is 0 Å². The summed E-state index contributed by atoms with van der Waals surface area (Å²) in [5, 5.41) is 16.5. The molecule has 0 bridgehead atoms. The zero-order valence-corrected chi connectivity index (χ0v) is 17.4. The number of aromatic nitrogens is 4. The van der Waals surface area contributed by atoms with Crippen molar-refractivity contribution in [1.82, 2.24) is 25.0 Å². The lowest BCUT2D eigenvalue weighted by Crippen LogP contribution is -2.20. The maximum Gasteiger partial charge on any atom is 0.250 e. The van der Waals surface area contributed by atoms with Crippen LogP contribution in [-0.4, -0.2) is 38.5 Å². The average Bonchev–Trinajstić information content (AvgIpc) is 3.27. The number of hydrogen-bond acceptors (Lipinski definition) is 7. The summed E-state index contributed by atoms with van der Waals surface area (Å²) < 4.78 is 7.03. The number of hydrogen-bond donors (Lipinski definition) is 2. The minimum atomic E-state index is -0.182. The van der Waals surface area contributed by atoms with Gasteiger partial charge in [-0.1, -0.05) is 29.4 Å². The number of aliphatic hydroxyl groups excluding tert-OH is 1. The lowest BCUT2D eigenvalue weighted by atomic mass is 10.1. The zero-order chi connectivity index (χ0) is 21.8. The van der Waals surface area contributed by atoms with Crippen LogP contribution in [0.5, 0.6) is 0 Å². The van der Waals surface area contributed by atoms with Gasteiger partial charge < -0.3 is 19.5 Å². The summed E-state index contributed by atoms with van der Waals surface area (Å²) in [5.74, 6) is 0.518. The number of nitrogens with zero attached hydrogens (tertiary/aromatic N) is 4. The molecule has 1 aromatic carbocycles. The fraction of sp³-hybridized carbons (Fsp3) is 0.217. The number of rotatable bonds is 7. The van der Waals surface area contributed by atoms with Crippen molar-refractivity contribution in [3.8, 4) is 34.0 Å². The van der Waals surface area contributed by atoms with Crippen LogP contribution in [0.15, 0.2) is 64.2 Å². The summed E-state index contributed by atoms with van der Waals surface area (Å²) >= 11 is 0. The molecule has 8 nitrogen and oxygen atoms in total. The summed E-state index contributed by atoms with van der Waals surface area (Å²) in [7, 11) is 1.91. The normalized spacial score (nSPS) is 11.1. The summed E-state index contributed by atoms with van der Waals surface area (Å²) in [6, 6.07) is 13.1. The highest BCUT2D eigenvalue weighted by Crippen LogP contribution is 2.28. The summed E-state index contributed by atoms with van der Waals surface area (Å²) in [6.07, 6.45) is 3.32. The van der Waals surface area contributed by atoms with Gasteiger partial charge in [0.15, 0.2) is 5.76 Å². The Balaban J connectivity index is 0.00000193. The van der Waals surface area contributed by atoms with Gasteiger partial charge in [0.1, 0.15) is 11.4 Å². The minimum absolute atomic E-state index is 0. The molecule has 0 fully saturated rings. The third kappa shape index (κ3) is 4.45. The quantitative estimate of drug-likeness (QED) is 0.472. The molecule has 162 valence electrons. The molecule has 0 aliphatic heterocycles. The molecular weight excluding hydrogens is 394 g/mol. The second-order valence-corrected chi connectivity index (χ2v) is 7.17. The fourth-order valence-corrected chi connectivity index (χ4v) is 3.31. The predicted octanol–water partition coefficient (Wildman–Crippen LogP) is 3.14. The van der Waals surface area contributed by atoms with E-state index in [1.165, 1.54) is 16.2 Å². The Morgan fingerprint density at radius 2 is 1.90 bits per heavy atom. The Morgan fingerprint density at radius 1 is 1.13 bits per heavy atom. The van der Waals surface area contributed by atoms with Crippen LogP contribution in [0.1, 0.15) is 14.1 Å². The Labute approximate surface area is 182 Å². The molecule has 0 atom stereocenters. The Bertz CT molecular complexity index is 1260. The first-order chi connectivity index (χ1) is 15.1. The standard InChI is InChI=1S/C23H23N5O3.2H2/c1-15-23(21-11-19(27-31-21)17-5-3-16(4-6-17)12-24-2)26-20(13-25-15)18-7-8-22(30)28(14-18)9-10-29;;/h3-8,11,13-14,24,29H,9-10,12H2,1-2H3;2*1H. The summed E-state index contributed by atoms with van der Waals surface area (Å²) in [4.78, 5) is 21.1. The van der Waals surface area contributed by atoms with Gasteiger partial charge in [-0.2, -0.15) is 0 Å². The van der Waals surface area contributed by atoms with Crippen molar-refractivity contribution in [2.24, 2.45) is 0 Å². The van der Waals surface area contributed by atoms with E-state index in [9.17, 15) is 4.79 Å². The highest BCUT2D eigenvalue weighted by atomic mass is 16.5. The lowest BCUT2D eigenvalue weighted by molar-refractivity contribution is 0.274. The molecule has 0 aliphatic rings. The summed E-state index contributed by atoms with van der Waals surface area (Å²) in [5.41, 5.74) is 5.29. The van der Waals surface area contributed by atoms with Crippen molar-refractivity contribution >= 4 is 0 Å². The van der Waals surface area contributed by atoms with Crippen LogP contribution in [0.2, 0.25) is 0 Å². The molecule has 8 heteroatoms. The van der Waals surface area contributed by atoms with E-state index < -0.39 is 0 Å². The zero-order valence-electron chi connectivity index (χ0n) is 17.4. The molecular formula is C23H27N5O3. The smallest absolute Gasteiger partial charge is 0.250 e. The molecule has 3 aromatic heterocycles. The topological polar surface area (TPSA) is 106 Å². The van der Waals surface area contributed by atoms with Crippen LogP contribution in [0, 0.1) is 6.92 Å². The second-order valence-electron chi connectivity index (χ2n) is 7.17. The molecule has 0 amide bonds. The van der Waals surface area contributed by atoms with E-state index in [0.717, 1.165) is 17.7 Å². The lowest BCUT2D eigenvalue weighted by Gasteiger charge is -2.08. The molecule has 0 aliphatic carbocycles. The monoisotopic (exact) mass is 421 g/mol. The van der Waals surface area contributed by atoms with Crippen LogP contribution in [0.3, 0.4) is 0 Å². The Morgan fingerprint density at radius 3 is 2.65 bits per heavy atom. The van der Waals surface area contributed by atoms with Crippen molar-refractivity contribution in [2.45, 2.75) is 20.0 Å². The maximum absolute atomic E-state index is 11.9. The van der Waals surface area contributed by atoms with Crippen molar-refractivity contribution < 1.29 is 12.5 Å². The maximum atomic E-state index is 11.9. The van der Waals surface area contributed by atoms with Crippen LogP contribution in [0.25, 0.3) is 34.0 Å². The molecule has 4 rings (SSSR count). The van der Waals surface area contributed by atoms with Crippen molar-refractivity contribution in [1.29, 1.82) is 0 Å². The highest BCUT2D eigenvalue weighted by molar-refractivity contribution is 5.68. The van der Waals surface area contributed by atoms with E-state index in [4.69, 9.17) is 14.6 Å². The number of aryl methyl sites for hydroxylation is 1. The van der Waals surface area contributed by atoms with Crippen molar-refractivity contribution in [3.05, 3.63) is 76.5 Å². The van der Waals surface area contributed by atoms with Gasteiger partial charge in [-0.05, 0) is 25.6 Å². The van der Waals surface area contributed by atoms with E-state index in [2.05, 4.69) is 15.5 Å². The SMILES string of the molecule is CNCc1ccc(-c2cc(-c3nc(-c4ccc(=O)n(CCO)c4)cnc3C)on2)cc1.[HH].[HH]. The van der Waals surface area contributed by atoms with E-state index in [1.54, 1.807) is 18.5 Å². The van der Waals surface area contributed by atoms with Crippen LogP contribution in [-0.2, 0) is 13.1 Å². The van der Waals surface area contributed by atoms with Gasteiger partial charge in [0.25, 0.3) is 5.56 Å². The molecule has 31 heavy (non-hydrogen) atoms. The van der Waals surface area contributed by atoms with E-state index in [1.807, 2.05) is 44.3 Å². The Hall–Kier alpha value is -3.62. The van der Waals surface area contributed by atoms with E-state index in [-0.39, 0.29) is 21.6 Å². The number of benzene rings is 1. The van der Waals surface area contributed by atoms with Gasteiger partial charge in [0, 0.05) is 45.4 Å². The number of aliphatic hydroxyl groups is 1. The van der Waals surface area contributed by atoms with Gasteiger partial charge in [0.2, 0.25) is 0 Å². The molecule has 4 aromatic rings. The fourth-order valence-electron chi connectivity index (χ4n) is 3.31. The third-order valence-corrected chi connectivity index (χ3v) is 4.95. The largest absolute Gasteiger partial charge is 0.395 e. The Kier molecular flexibility index (Phi) is 6.01. The number of nitrogens with one attached hydrogen (secondary N) is 1.